The van der Waals surface area contributed by atoms with E-state index in [1.807, 2.05) is 0 Å². The maximum Gasteiger partial charge on any atom is 0.193 e. The maximum absolute atomic E-state index is 11.8. The Hall–Kier alpha value is -1.52. The number of carbonyl (C=O) groups excluding carboxylic acids is 2. The van der Waals surface area contributed by atoms with E-state index in [9.17, 15) is 19.8 Å². The number of benzene rings is 1. The summed E-state index contributed by atoms with van der Waals surface area (Å²) in [4.78, 5) is 23.5. The van der Waals surface area contributed by atoms with Crippen molar-refractivity contribution in [2.75, 3.05) is 0 Å². The molecule has 18 heavy (non-hydrogen) atoms. The van der Waals surface area contributed by atoms with Crippen molar-refractivity contribution >= 4 is 11.6 Å². The molecule has 1 aromatic carbocycles. The van der Waals surface area contributed by atoms with Crippen molar-refractivity contribution in [2.24, 2.45) is 0 Å². The van der Waals surface area contributed by atoms with Gasteiger partial charge in [-0.2, -0.15) is 0 Å². The highest BCUT2D eigenvalue weighted by molar-refractivity contribution is 6.04. The summed E-state index contributed by atoms with van der Waals surface area (Å²) < 4.78 is 0. The van der Waals surface area contributed by atoms with Gasteiger partial charge >= 0.3 is 0 Å². The molecule has 0 radical (unpaired) electrons. The highest BCUT2D eigenvalue weighted by Gasteiger charge is 2.27. The van der Waals surface area contributed by atoms with E-state index in [0.29, 0.717) is 11.1 Å². The highest BCUT2D eigenvalue weighted by atomic mass is 16.3. The largest absolute Gasteiger partial charge is 0.382 e. The van der Waals surface area contributed by atoms with E-state index in [1.165, 1.54) is 52.0 Å². The zero-order valence-corrected chi connectivity index (χ0v) is 11.0. The molecule has 4 heteroatoms. The van der Waals surface area contributed by atoms with E-state index < -0.39 is 22.8 Å². The van der Waals surface area contributed by atoms with E-state index >= 15 is 0 Å². The van der Waals surface area contributed by atoms with Crippen LogP contribution in [-0.4, -0.2) is 33.0 Å². The standard InChI is InChI=1S/C14H18O4/c1-13(2,17)11(15)9-5-7-10(8-6-9)12(16)14(3,4)18/h5-8,17-18H,1-4H3. The van der Waals surface area contributed by atoms with Crippen LogP contribution in [0.15, 0.2) is 24.3 Å². The lowest BCUT2D eigenvalue weighted by Crippen LogP contribution is -2.32. The fourth-order valence-corrected chi connectivity index (χ4v) is 1.48. The smallest absolute Gasteiger partial charge is 0.193 e. The fraction of sp³-hybridized carbons (Fsp3) is 0.429. The third kappa shape index (κ3) is 3.24. The Balaban J connectivity index is 3.01. The van der Waals surface area contributed by atoms with Gasteiger partial charge in [-0.15, -0.1) is 0 Å². The van der Waals surface area contributed by atoms with Crippen LogP contribution in [0.2, 0.25) is 0 Å². The summed E-state index contributed by atoms with van der Waals surface area (Å²) in [6.45, 7) is 5.63. The van der Waals surface area contributed by atoms with Crippen molar-refractivity contribution in [1.82, 2.24) is 0 Å². The second kappa shape index (κ2) is 4.63. The normalized spacial score (nSPS) is 12.3. The molecule has 98 valence electrons. The molecule has 2 N–H and O–H groups in total. The van der Waals surface area contributed by atoms with Crippen LogP contribution in [0.3, 0.4) is 0 Å². The second-order valence-corrected chi connectivity index (χ2v) is 5.35. The number of carbonyl (C=O) groups is 2. The molecular weight excluding hydrogens is 232 g/mol. The number of hydrogen-bond acceptors (Lipinski definition) is 4. The molecule has 0 bridgehead atoms. The number of rotatable bonds is 4. The van der Waals surface area contributed by atoms with Gasteiger partial charge in [-0.1, -0.05) is 24.3 Å². The summed E-state index contributed by atoms with van der Waals surface area (Å²) >= 11 is 0. The van der Waals surface area contributed by atoms with E-state index in [-0.39, 0.29) is 0 Å². The quantitative estimate of drug-likeness (QED) is 0.796. The van der Waals surface area contributed by atoms with Crippen LogP contribution in [0, 0.1) is 0 Å². The lowest BCUT2D eigenvalue weighted by atomic mass is 9.93. The first-order valence-corrected chi connectivity index (χ1v) is 5.68. The van der Waals surface area contributed by atoms with Crippen LogP contribution >= 0.6 is 0 Å². The topological polar surface area (TPSA) is 74.6 Å². The molecule has 0 amide bonds. The van der Waals surface area contributed by atoms with Crippen molar-refractivity contribution in [1.29, 1.82) is 0 Å². The van der Waals surface area contributed by atoms with Crippen molar-refractivity contribution in [3.05, 3.63) is 35.4 Å². The monoisotopic (exact) mass is 250 g/mol. The Bertz CT molecular complexity index is 413. The number of aliphatic hydroxyl groups is 2. The molecule has 0 aliphatic heterocycles. The average molecular weight is 250 g/mol. The molecule has 4 nitrogen and oxygen atoms in total. The summed E-state index contributed by atoms with van der Waals surface area (Å²) in [5.74, 6) is -0.825. The molecule has 0 spiro atoms. The van der Waals surface area contributed by atoms with Crippen LogP contribution in [0.5, 0.6) is 0 Å². The Morgan fingerprint density at radius 3 is 1.17 bits per heavy atom. The van der Waals surface area contributed by atoms with Gasteiger partial charge in [0.05, 0.1) is 0 Å². The van der Waals surface area contributed by atoms with Crippen molar-refractivity contribution in [3.8, 4) is 0 Å². The van der Waals surface area contributed by atoms with Crippen molar-refractivity contribution < 1.29 is 19.8 Å². The summed E-state index contributed by atoms with van der Waals surface area (Å²) in [5, 5.41) is 19.2. The van der Waals surface area contributed by atoms with Crippen LogP contribution < -0.4 is 0 Å². The van der Waals surface area contributed by atoms with E-state index in [0.717, 1.165) is 0 Å². The first-order valence-electron chi connectivity index (χ1n) is 5.68. The lowest BCUT2D eigenvalue weighted by molar-refractivity contribution is 0.0483. The molecule has 1 aromatic rings. The molecule has 0 aliphatic rings. The third-order valence-electron chi connectivity index (χ3n) is 2.52. The van der Waals surface area contributed by atoms with Crippen LogP contribution in [0.25, 0.3) is 0 Å². The van der Waals surface area contributed by atoms with Gasteiger partial charge in [0.15, 0.2) is 11.6 Å². The van der Waals surface area contributed by atoms with Crippen LogP contribution in [-0.2, 0) is 0 Å². The van der Waals surface area contributed by atoms with E-state index in [4.69, 9.17) is 0 Å². The minimum absolute atomic E-state index is 0.329. The molecule has 0 heterocycles. The second-order valence-electron chi connectivity index (χ2n) is 5.35. The molecule has 0 atom stereocenters. The summed E-state index contributed by atoms with van der Waals surface area (Å²) in [7, 11) is 0. The van der Waals surface area contributed by atoms with Gasteiger partial charge < -0.3 is 10.2 Å². The number of ketones is 2. The fourth-order valence-electron chi connectivity index (χ4n) is 1.48. The molecule has 0 aliphatic carbocycles. The molecule has 0 aromatic heterocycles. The Morgan fingerprint density at radius 1 is 0.778 bits per heavy atom. The van der Waals surface area contributed by atoms with Gasteiger partial charge in [0.2, 0.25) is 0 Å². The summed E-state index contributed by atoms with van der Waals surface area (Å²) in [6.07, 6.45) is 0. The molecule has 0 saturated carbocycles. The first-order chi connectivity index (χ1) is 8.03. The maximum atomic E-state index is 11.8. The predicted octanol–water partition coefficient (Wildman–Crippen LogP) is 1.59. The minimum atomic E-state index is -1.44. The zero-order chi connectivity index (χ0) is 14.1. The van der Waals surface area contributed by atoms with Gasteiger partial charge in [-0.3, -0.25) is 9.59 Å². The average Bonchev–Trinajstić information content (AvgIpc) is 2.25. The molecule has 0 saturated heterocycles. The Kier molecular flexibility index (Phi) is 3.74. The predicted molar refractivity (Wildman–Crippen MR) is 67.7 cm³/mol. The minimum Gasteiger partial charge on any atom is -0.382 e. The molecule has 0 unspecified atom stereocenters. The SMILES string of the molecule is CC(C)(O)C(=O)c1ccc(C(=O)C(C)(C)O)cc1. The molecule has 0 fully saturated rings. The van der Waals surface area contributed by atoms with Crippen LogP contribution in [0.4, 0.5) is 0 Å². The Labute approximate surface area is 106 Å². The van der Waals surface area contributed by atoms with Crippen LogP contribution in [0.1, 0.15) is 48.4 Å². The number of hydrogen-bond donors (Lipinski definition) is 2. The van der Waals surface area contributed by atoms with Gasteiger partial charge in [0.1, 0.15) is 11.2 Å². The first kappa shape index (κ1) is 14.5. The Morgan fingerprint density at radius 2 is 1.00 bits per heavy atom. The van der Waals surface area contributed by atoms with Gasteiger partial charge in [-0.25, -0.2) is 0 Å². The number of Topliss-reactive ketones (excluding diaryl/α,β-unsaturated/α-hetero) is 2. The van der Waals surface area contributed by atoms with Gasteiger partial charge in [0.25, 0.3) is 0 Å². The van der Waals surface area contributed by atoms with E-state index in [1.54, 1.807) is 0 Å². The summed E-state index contributed by atoms with van der Waals surface area (Å²) in [6, 6.07) is 5.89. The highest BCUT2D eigenvalue weighted by Crippen LogP contribution is 2.16. The van der Waals surface area contributed by atoms with Gasteiger partial charge in [0, 0.05) is 11.1 Å². The van der Waals surface area contributed by atoms with Gasteiger partial charge in [-0.05, 0) is 27.7 Å². The lowest BCUT2D eigenvalue weighted by Gasteiger charge is -2.17. The zero-order valence-electron chi connectivity index (χ0n) is 11.0. The third-order valence-corrected chi connectivity index (χ3v) is 2.52. The van der Waals surface area contributed by atoms with E-state index in [2.05, 4.69) is 0 Å². The summed E-state index contributed by atoms with van der Waals surface area (Å²) in [5.41, 5.74) is -2.23. The molecular formula is C14H18O4. The van der Waals surface area contributed by atoms with Crippen molar-refractivity contribution in [3.63, 3.8) is 0 Å². The van der Waals surface area contributed by atoms with Crippen molar-refractivity contribution in [2.45, 2.75) is 38.9 Å². The molecule has 1 rings (SSSR count).